The van der Waals surface area contributed by atoms with Crippen LogP contribution < -0.4 is 0 Å². The van der Waals surface area contributed by atoms with Gasteiger partial charge in [0.15, 0.2) is 5.69 Å². The Morgan fingerprint density at radius 3 is 2.80 bits per heavy atom. The summed E-state index contributed by atoms with van der Waals surface area (Å²) in [6.07, 6.45) is 0. The van der Waals surface area contributed by atoms with Crippen LogP contribution in [-0.2, 0) is 11.3 Å². The SMILES string of the molecule is COCc1nn2c(C#N)c(-c3ccc(F)cc3)nc2s1. The monoisotopic (exact) mass is 288 g/mol. The van der Waals surface area contributed by atoms with Crippen LogP contribution in [0.25, 0.3) is 16.2 Å². The Bertz CT molecular complexity index is 800. The summed E-state index contributed by atoms with van der Waals surface area (Å²) in [5.74, 6) is -0.325. The number of ether oxygens (including phenoxy) is 1. The van der Waals surface area contributed by atoms with Crippen molar-refractivity contribution in [3.63, 3.8) is 0 Å². The molecule has 0 N–H and O–H groups in total. The summed E-state index contributed by atoms with van der Waals surface area (Å²) >= 11 is 1.36. The molecule has 0 bridgehead atoms. The van der Waals surface area contributed by atoms with E-state index in [2.05, 4.69) is 16.2 Å². The van der Waals surface area contributed by atoms with Gasteiger partial charge in [0.05, 0.1) is 6.61 Å². The van der Waals surface area contributed by atoms with Gasteiger partial charge in [0.2, 0.25) is 4.96 Å². The van der Waals surface area contributed by atoms with Crippen molar-refractivity contribution in [3.8, 4) is 17.3 Å². The van der Waals surface area contributed by atoms with E-state index >= 15 is 0 Å². The lowest BCUT2D eigenvalue weighted by molar-refractivity contribution is 0.183. The van der Waals surface area contributed by atoms with Crippen LogP contribution in [0.2, 0.25) is 0 Å². The molecule has 3 aromatic rings. The Morgan fingerprint density at radius 1 is 1.40 bits per heavy atom. The lowest BCUT2D eigenvalue weighted by atomic mass is 10.1. The Kier molecular flexibility index (Phi) is 3.18. The van der Waals surface area contributed by atoms with Crippen LogP contribution in [0.1, 0.15) is 10.7 Å². The zero-order chi connectivity index (χ0) is 14.1. The van der Waals surface area contributed by atoms with Crippen molar-refractivity contribution < 1.29 is 9.13 Å². The van der Waals surface area contributed by atoms with Gasteiger partial charge in [-0.1, -0.05) is 11.3 Å². The van der Waals surface area contributed by atoms with Crippen LogP contribution in [-0.4, -0.2) is 21.7 Å². The number of benzene rings is 1. The molecule has 0 aliphatic carbocycles. The van der Waals surface area contributed by atoms with Gasteiger partial charge in [-0.3, -0.25) is 0 Å². The predicted molar refractivity (Wildman–Crippen MR) is 71.7 cm³/mol. The molecule has 0 amide bonds. The Labute approximate surface area is 117 Å². The molecule has 0 saturated heterocycles. The molecular weight excluding hydrogens is 279 g/mol. The lowest BCUT2D eigenvalue weighted by Gasteiger charge is -1.97. The number of imidazole rings is 1. The fourth-order valence-electron chi connectivity index (χ4n) is 1.88. The second kappa shape index (κ2) is 5.00. The zero-order valence-electron chi connectivity index (χ0n) is 10.5. The smallest absolute Gasteiger partial charge is 0.214 e. The van der Waals surface area contributed by atoms with Gasteiger partial charge in [-0.15, -0.1) is 0 Å². The van der Waals surface area contributed by atoms with E-state index in [0.717, 1.165) is 5.01 Å². The van der Waals surface area contributed by atoms with E-state index < -0.39 is 0 Å². The highest BCUT2D eigenvalue weighted by molar-refractivity contribution is 7.16. The normalized spacial score (nSPS) is 10.8. The van der Waals surface area contributed by atoms with E-state index in [-0.39, 0.29) is 5.82 Å². The molecule has 20 heavy (non-hydrogen) atoms. The minimum Gasteiger partial charge on any atom is -0.377 e. The van der Waals surface area contributed by atoms with E-state index in [1.165, 1.54) is 28.0 Å². The first kappa shape index (κ1) is 12.7. The number of nitriles is 1. The van der Waals surface area contributed by atoms with E-state index in [1.807, 2.05) is 0 Å². The minimum absolute atomic E-state index is 0.325. The molecule has 0 spiro atoms. The lowest BCUT2D eigenvalue weighted by Crippen LogP contribution is -1.93. The Balaban J connectivity index is 2.14. The quantitative estimate of drug-likeness (QED) is 0.743. The Hall–Kier alpha value is -2.30. The zero-order valence-corrected chi connectivity index (χ0v) is 11.3. The van der Waals surface area contributed by atoms with Gasteiger partial charge in [0.1, 0.15) is 22.6 Å². The fourth-order valence-corrected chi connectivity index (χ4v) is 2.74. The van der Waals surface area contributed by atoms with Gasteiger partial charge in [0, 0.05) is 12.7 Å². The van der Waals surface area contributed by atoms with E-state index in [0.29, 0.717) is 28.5 Å². The Morgan fingerprint density at radius 2 is 2.15 bits per heavy atom. The molecule has 7 heteroatoms. The van der Waals surface area contributed by atoms with Gasteiger partial charge in [-0.2, -0.15) is 14.9 Å². The van der Waals surface area contributed by atoms with E-state index in [9.17, 15) is 9.65 Å². The first-order valence-corrected chi connectivity index (χ1v) is 6.58. The van der Waals surface area contributed by atoms with E-state index in [1.54, 1.807) is 19.2 Å². The molecule has 2 heterocycles. The molecule has 0 aliphatic heterocycles. The number of halogens is 1. The van der Waals surface area contributed by atoms with Crippen molar-refractivity contribution in [2.24, 2.45) is 0 Å². The number of nitrogens with zero attached hydrogens (tertiary/aromatic N) is 4. The van der Waals surface area contributed by atoms with Crippen LogP contribution in [0.3, 0.4) is 0 Å². The molecule has 0 radical (unpaired) electrons. The van der Waals surface area contributed by atoms with Gasteiger partial charge < -0.3 is 4.74 Å². The number of fused-ring (bicyclic) bond motifs is 1. The average molecular weight is 288 g/mol. The third kappa shape index (κ3) is 2.05. The number of aromatic nitrogens is 3. The molecule has 5 nitrogen and oxygen atoms in total. The second-order valence-electron chi connectivity index (χ2n) is 4.05. The van der Waals surface area contributed by atoms with Crippen LogP contribution in [0, 0.1) is 17.1 Å². The van der Waals surface area contributed by atoms with Crippen LogP contribution >= 0.6 is 11.3 Å². The van der Waals surface area contributed by atoms with Crippen molar-refractivity contribution in [1.82, 2.24) is 14.6 Å². The third-order valence-electron chi connectivity index (χ3n) is 2.74. The van der Waals surface area contributed by atoms with Crippen LogP contribution in [0.4, 0.5) is 4.39 Å². The van der Waals surface area contributed by atoms with Crippen LogP contribution in [0.15, 0.2) is 24.3 Å². The number of rotatable bonds is 3. The first-order valence-electron chi connectivity index (χ1n) is 5.76. The van der Waals surface area contributed by atoms with Crippen molar-refractivity contribution >= 4 is 16.3 Å². The summed E-state index contributed by atoms with van der Waals surface area (Å²) in [4.78, 5) is 5.02. The summed E-state index contributed by atoms with van der Waals surface area (Å²) < 4.78 is 19.5. The topological polar surface area (TPSA) is 63.2 Å². The summed E-state index contributed by atoms with van der Waals surface area (Å²) in [6, 6.07) is 7.97. The molecule has 0 unspecified atom stereocenters. The third-order valence-corrected chi connectivity index (χ3v) is 3.62. The molecule has 0 atom stereocenters. The van der Waals surface area contributed by atoms with Crippen molar-refractivity contribution in [1.29, 1.82) is 5.26 Å². The molecule has 0 aliphatic rings. The molecule has 3 rings (SSSR count). The maximum absolute atomic E-state index is 13.0. The highest BCUT2D eigenvalue weighted by Gasteiger charge is 2.17. The highest BCUT2D eigenvalue weighted by atomic mass is 32.1. The van der Waals surface area contributed by atoms with Crippen molar-refractivity contribution in [2.45, 2.75) is 6.61 Å². The minimum atomic E-state index is -0.325. The molecule has 1 aromatic carbocycles. The number of hydrogen-bond donors (Lipinski definition) is 0. The summed E-state index contributed by atoms with van der Waals surface area (Å²) in [6.45, 7) is 0.380. The second-order valence-corrected chi connectivity index (χ2v) is 5.09. The van der Waals surface area contributed by atoms with Gasteiger partial charge in [-0.05, 0) is 24.3 Å². The summed E-state index contributed by atoms with van der Waals surface area (Å²) in [5.41, 5.74) is 1.54. The maximum Gasteiger partial charge on any atom is 0.214 e. The standard InChI is InChI=1S/C13H9FN4OS/c1-19-7-11-17-18-10(6-15)12(16-13(18)20-11)8-2-4-9(14)5-3-8/h2-5H,7H2,1H3. The predicted octanol–water partition coefficient (Wildman–Crippen LogP) is 2.61. The highest BCUT2D eigenvalue weighted by Crippen LogP contribution is 2.26. The summed E-state index contributed by atoms with van der Waals surface area (Å²) in [7, 11) is 1.58. The first-order chi connectivity index (χ1) is 9.72. The molecule has 2 aromatic heterocycles. The number of hydrogen-bond acceptors (Lipinski definition) is 5. The molecule has 0 saturated carbocycles. The fraction of sp³-hybridized carbons (Fsp3) is 0.154. The van der Waals surface area contributed by atoms with Gasteiger partial charge in [0.25, 0.3) is 0 Å². The largest absolute Gasteiger partial charge is 0.377 e. The van der Waals surface area contributed by atoms with Crippen LogP contribution in [0.5, 0.6) is 0 Å². The molecular formula is C13H9FN4OS. The number of methoxy groups -OCH3 is 1. The van der Waals surface area contributed by atoms with Gasteiger partial charge >= 0.3 is 0 Å². The maximum atomic E-state index is 13.0. The average Bonchev–Trinajstić information content (AvgIpc) is 2.96. The van der Waals surface area contributed by atoms with Crippen molar-refractivity contribution in [2.75, 3.05) is 7.11 Å². The molecule has 0 fully saturated rings. The van der Waals surface area contributed by atoms with Gasteiger partial charge in [-0.25, -0.2) is 9.37 Å². The van der Waals surface area contributed by atoms with E-state index in [4.69, 9.17) is 4.74 Å². The molecule has 100 valence electrons. The van der Waals surface area contributed by atoms with Crippen molar-refractivity contribution in [3.05, 3.63) is 40.8 Å². The summed E-state index contributed by atoms with van der Waals surface area (Å²) in [5, 5.41) is 14.3.